The van der Waals surface area contributed by atoms with Crippen molar-refractivity contribution in [1.29, 1.82) is 0 Å². The molecule has 2 N–H and O–H groups in total. The molecule has 0 aromatic heterocycles. The minimum atomic E-state index is -3.32. The van der Waals surface area contributed by atoms with Gasteiger partial charge in [-0.2, -0.15) is 0 Å². The number of piperidine rings is 1. The lowest BCUT2D eigenvalue weighted by Crippen LogP contribution is -2.44. The van der Waals surface area contributed by atoms with Crippen LogP contribution in [-0.4, -0.2) is 29.7 Å². The third-order valence-electron chi connectivity index (χ3n) is 4.54. The number of nitrogens with zero attached hydrogens (tertiary/aromatic N) is 1. The molecule has 1 aromatic rings. The first kappa shape index (κ1) is 20.6. The molecule has 7 heteroatoms. The number of alkyl halides is 2. The van der Waals surface area contributed by atoms with E-state index in [1.807, 2.05) is 0 Å². The molecule has 0 unspecified atom stereocenters. The number of likely N-dealkylation sites (tertiary alicyclic amines) is 1. The number of ether oxygens (including phenoxy) is 1. The molecule has 1 aliphatic rings. The lowest BCUT2D eigenvalue weighted by Gasteiger charge is -2.36. The predicted molar refractivity (Wildman–Crippen MR) is 93.4 cm³/mol. The summed E-state index contributed by atoms with van der Waals surface area (Å²) in [6.45, 7) is 7.12. The van der Waals surface area contributed by atoms with Gasteiger partial charge in [0.25, 0.3) is 5.92 Å². The van der Waals surface area contributed by atoms with Crippen LogP contribution in [0, 0.1) is 11.7 Å². The second-order valence-electron chi connectivity index (χ2n) is 7.86. The van der Waals surface area contributed by atoms with Crippen molar-refractivity contribution in [3.05, 3.63) is 35.1 Å². The van der Waals surface area contributed by atoms with E-state index in [0.29, 0.717) is 0 Å². The van der Waals surface area contributed by atoms with Crippen molar-refractivity contribution in [3.63, 3.8) is 0 Å². The fourth-order valence-corrected chi connectivity index (χ4v) is 3.13. The molecule has 0 spiro atoms. The maximum atomic E-state index is 14.9. The smallest absolute Gasteiger partial charge is 0.410 e. The number of benzene rings is 1. The summed E-state index contributed by atoms with van der Waals surface area (Å²) in [5.74, 6) is -5.31. The van der Waals surface area contributed by atoms with Gasteiger partial charge in [0.1, 0.15) is 11.4 Å². The third kappa shape index (κ3) is 4.50. The van der Waals surface area contributed by atoms with E-state index in [2.05, 4.69) is 0 Å². The Hall–Kier alpha value is -1.76. The van der Waals surface area contributed by atoms with Gasteiger partial charge in [0.2, 0.25) is 0 Å². The van der Waals surface area contributed by atoms with Gasteiger partial charge in [0, 0.05) is 30.6 Å². The average Bonchev–Trinajstić information content (AvgIpc) is 2.53. The standard InChI is InChI=1S/C19H27F3N2O2/c1-12(23)14-6-5-7-15(16(14)20)19(21,22)13-8-10-24(11-9-13)17(25)26-18(2,3)4/h5-7,12-13H,8-11,23H2,1-4H3/t12-/m1/s1. The van der Waals surface area contributed by atoms with Crippen molar-refractivity contribution in [2.75, 3.05) is 13.1 Å². The Morgan fingerprint density at radius 2 is 1.85 bits per heavy atom. The Morgan fingerprint density at radius 1 is 1.27 bits per heavy atom. The van der Waals surface area contributed by atoms with Crippen molar-refractivity contribution in [2.45, 2.75) is 58.1 Å². The highest BCUT2D eigenvalue weighted by Crippen LogP contribution is 2.43. The molecular formula is C19H27F3N2O2. The molecule has 1 atom stereocenters. The van der Waals surface area contributed by atoms with Gasteiger partial charge in [0.15, 0.2) is 0 Å². The number of amides is 1. The molecule has 1 aliphatic heterocycles. The van der Waals surface area contributed by atoms with Gasteiger partial charge in [-0.1, -0.05) is 18.2 Å². The zero-order valence-corrected chi connectivity index (χ0v) is 15.7. The van der Waals surface area contributed by atoms with Crippen LogP contribution in [0.1, 0.15) is 57.7 Å². The predicted octanol–water partition coefficient (Wildman–Crippen LogP) is 4.58. The highest BCUT2D eigenvalue weighted by atomic mass is 19.3. The van der Waals surface area contributed by atoms with Crippen LogP contribution in [0.3, 0.4) is 0 Å². The van der Waals surface area contributed by atoms with E-state index in [4.69, 9.17) is 10.5 Å². The van der Waals surface area contributed by atoms with Gasteiger partial charge in [0.05, 0.1) is 5.56 Å². The highest BCUT2D eigenvalue weighted by molar-refractivity contribution is 5.68. The normalized spacial score (nSPS) is 17.9. The first-order chi connectivity index (χ1) is 11.9. The number of carbonyl (C=O) groups excluding carboxylic acids is 1. The minimum absolute atomic E-state index is 0.0772. The summed E-state index contributed by atoms with van der Waals surface area (Å²) < 4.78 is 49.6. The summed E-state index contributed by atoms with van der Waals surface area (Å²) in [7, 11) is 0. The molecule has 4 nitrogen and oxygen atoms in total. The van der Waals surface area contributed by atoms with Crippen LogP contribution in [-0.2, 0) is 10.7 Å². The molecule has 1 amide bonds. The first-order valence-electron chi connectivity index (χ1n) is 8.83. The lowest BCUT2D eigenvalue weighted by atomic mass is 9.85. The van der Waals surface area contributed by atoms with Crippen molar-refractivity contribution >= 4 is 6.09 Å². The quantitative estimate of drug-likeness (QED) is 0.845. The summed E-state index contributed by atoms with van der Waals surface area (Å²) in [5, 5.41) is 0. The Bertz CT molecular complexity index is 649. The van der Waals surface area contributed by atoms with E-state index in [0.717, 1.165) is 6.07 Å². The summed E-state index contributed by atoms with van der Waals surface area (Å²) >= 11 is 0. The molecule has 1 heterocycles. The van der Waals surface area contributed by atoms with Crippen molar-refractivity contribution in [1.82, 2.24) is 4.90 Å². The van der Waals surface area contributed by atoms with Crippen molar-refractivity contribution in [3.8, 4) is 0 Å². The molecule has 1 aromatic carbocycles. The van der Waals surface area contributed by atoms with Gasteiger partial charge in [-0.05, 0) is 40.5 Å². The molecule has 26 heavy (non-hydrogen) atoms. The van der Waals surface area contributed by atoms with Gasteiger partial charge < -0.3 is 15.4 Å². The van der Waals surface area contributed by atoms with Crippen LogP contribution in [0.15, 0.2) is 18.2 Å². The Kier molecular flexibility index (Phi) is 5.90. The zero-order valence-electron chi connectivity index (χ0n) is 15.7. The summed E-state index contributed by atoms with van der Waals surface area (Å²) in [6, 6.07) is 3.27. The molecule has 146 valence electrons. The van der Waals surface area contributed by atoms with E-state index in [-0.39, 0.29) is 31.5 Å². The maximum Gasteiger partial charge on any atom is 0.410 e. The fourth-order valence-electron chi connectivity index (χ4n) is 3.13. The molecule has 0 radical (unpaired) electrons. The van der Waals surface area contributed by atoms with E-state index in [1.54, 1.807) is 27.7 Å². The van der Waals surface area contributed by atoms with E-state index < -0.39 is 41.0 Å². The monoisotopic (exact) mass is 372 g/mol. The van der Waals surface area contributed by atoms with E-state index in [1.165, 1.54) is 17.0 Å². The van der Waals surface area contributed by atoms with Crippen molar-refractivity contribution in [2.24, 2.45) is 11.7 Å². The van der Waals surface area contributed by atoms with Gasteiger partial charge in [-0.25, -0.2) is 18.0 Å². The fraction of sp³-hybridized carbons (Fsp3) is 0.632. The van der Waals surface area contributed by atoms with Crippen LogP contribution in [0.25, 0.3) is 0 Å². The first-order valence-corrected chi connectivity index (χ1v) is 8.83. The number of carbonyl (C=O) groups is 1. The van der Waals surface area contributed by atoms with Crippen LogP contribution in [0.4, 0.5) is 18.0 Å². The molecule has 1 saturated heterocycles. The molecule has 0 bridgehead atoms. The lowest BCUT2D eigenvalue weighted by molar-refractivity contribution is -0.0885. The topological polar surface area (TPSA) is 55.6 Å². The van der Waals surface area contributed by atoms with Gasteiger partial charge in [-0.3, -0.25) is 0 Å². The number of hydrogen-bond donors (Lipinski definition) is 1. The van der Waals surface area contributed by atoms with Gasteiger partial charge >= 0.3 is 6.09 Å². The van der Waals surface area contributed by atoms with E-state index >= 15 is 0 Å². The summed E-state index contributed by atoms with van der Waals surface area (Å²) in [5.41, 5.74) is 4.48. The third-order valence-corrected chi connectivity index (χ3v) is 4.54. The van der Waals surface area contributed by atoms with Gasteiger partial charge in [-0.15, -0.1) is 0 Å². The summed E-state index contributed by atoms with van der Waals surface area (Å²) in [6.07, 6.45) is -0.355. The van der Waals surface area contributed by atoms with E-state index in [9.17, 15) is 18.0 Å². The second-order valence-corrected chi connectivity index (χ2v) is 7.86. The molecule has 2 rings (SSSR count). The Balaban J connectivity index is 2.11. The van der Waals surface area contributed by atoms with Crippen molar-refractivity contribution < 1.29 is 22.7 Å². The minimum Gasteiger partial charge on any atom is -0.444 e. The molecule has 0 aliphatic carbocycles. The molecule has 0 saturated carbocycles. The maximum absolute atomic E-state index is 14.9. The average molecular weight is 372 g/mol. The highest BCUT2D eigenvalue weighted by Gasteiger charge is 2.45. The zero-order chi connectivity index (χ0) is 19.7. The Labute approximate surface area is 152 Å². The summed E-state index contributed by atoms with van der Waals surface area (Å²) in [4.78, 5) is 13.5. The second kappa shape index (κ2) is 7.47. The number of nitrogens with two attached hydrogens (primary N) is 1. The van der Waals surface area contributed by atoms with Crippen LogP contribution in [0.5, 0.6) is 0 Å². The molecule has 1 fully saturated rings. The van der Waals surface area contributed by atoms with Crippen LogP contribution >= 0.6 is 0 Å². The van der Waals surface area contributed by atoms with Crippen LogP contribution < -0.4 is 5.73 Å². The van der Waals surface area contributed by atoms with Crippen LogP contribution in [0.2, 0.25) is 0 Å². The largest absolute Gasteiger partial charge is 0.444 e. The SMILES string of the molecule is C[C@@H](N)c1cccc(C(F)(F)C2CCN(C(=O)OC(C)(C)C)CC2)c1F. The number of halogens is 3. The number of hydrogen-bond acceptors (Lipinski definition) is 3. The Morgan fingerprint density at radius 3 is 2.35 bits per heavy atom. The number of rotatable bonds is 3. The molecular weight excluding hydrogens is 345 g/mol.